The van der Waals surface area contributed by atoms with Crippen LogP contribution in [0.25, 0.3) is 0 Å². The third kappa shape index (κ3) is 3.81. The second kappa shape index (κ2) is 8.10. The highest BCUT2D eigenvalue weighted by Gasteiger charge is 2.50. The van der Waals surface area contributed by atoms with E-state index in [1.54, 1.807) is 18.2 Å². The fourth-order valence-corrected chi connectivity index (χ4v) is 4.91. The van der Waals surface area contributed by atoms with Crippen LogP contribution in [0.15, 0.2) is 18.2 Å². The maximum atomic E-state index is 12.8. The van der Waals surface area contributed by atoms with Gasteiger partial charge in [0.15, 0.2) is 0 Å². The van der Waals surface area contributed by atoms with Crippen molar-refractivity contribution >= 4 is 41.3 Å². The number of amides is 2. The number of halogens is 2. The van der Waals surface area contributed by atoms with Crippen molar-refractivity contribution < 1.29 is 14.4 Å². The van der Waals surface area contributed by atoms with Crippen molar-refractivity contribution in [2.75, 3.05) is 0 Å². The van der Waals surface area contributed by atoms with Crippen LogP contribution in [0, 0.1) is 11.8 Å². The van der Waals surface area contributed by atoms with Gasteiger partial charge in [-0.2, -0.15) is 0 Å². The van der Waals surface area contributed by atoms with E-state index in [1.165, 1.54) is 19.3 Å². The summed E-state index contributed by atoms with van der Waals surface area (Å²) in [5.41, 5.74) is -0.115. The first-order chi connectivity index (χ1) is 12.5. The molecule has 2 aliphatic rings. The van der Waals surface area contributed by atoms with Gasteiger partial charge in [-0.05, 0) is 30.0 Å². The van der Waals surface area contributed by atoms with Crippen molar-refractivity contribution in [2.24, 2.45) is 11.8 Å². The molecule has 4 nitrogen and oxygen atoms in total. The SMILES string of the molecule is O=CCC1(c2ccc(Cl)c(Cl)c2)CC(=O)NC(=O)C1CC1CCCCC1. The van der Waals surface area contributed by atoms with E-state index in [0.29, 0.717) is 22.4 Å². The summed E-state index contributed by atoms with van der Waals surface area (Å²) in [6, 6.07) is 5.16. The lowest BCUT2D eigenvalue weighted by Gasteiger charge is -2.44. The van der Waals surface area contributed by atoms with E-state index in [2.05, 4.69) is 5.32 Å². The maximum absolute atomic E-state index is 12.8. The Labute approximate surface area is 163 Å². The van der Waals surface area contributed by atoms with E-state index in [4.69, 9.17) is 23.2 Å². The molecule has 2 unspecified atom stereocenters. The molecule has 0 spiro atoms. The molecule has 1 saturated carbocycles. The topological polar surface area (TPSA) is 63.2 Å². The first-order valence-electron chi connectivity index (χ1n) is 9.19. The van der Waals surface area contributed by atoms with Gasteiger partial charge in [-0.15, -0.1) is 0 Å². The van der Waals surface area contributed by atoms with Gasteiger partial charge in [0.05, 0.1) is 10.0 Å². The largest absolute Gasteiger partial charge is 0.303 e. The number of carbonyl (C=O) groups excluding carboxylic acids is 3. The Morgan fingerprint density at radius 3 is 2.50 bits per heavy atom. The zero-order chi connectivity index (χ0) is 18.7. The van der Waals surface area contributed by atoms with Crippen LogP contribution in [-0.2, 0) is 19.8 Å². The third-order valence-corrected chi connectivity index (χ3v) is 6.70. The molecule has 0 bridgehead atoms. The van der Waals surface area contributed by atoms with Gasteiger partial charge < -0.3 is 4.79 Å². The molecule has 3 rings (SSSR count). The summed E-state index contributed by atoms with van der Waals surface area (Å²) in [5, 5.41) is 3.25. The number of nitrogens with one attached hydrogen (secondary N) is 1. The minimum Gasteiger partial charge on any atom is -0.303 e. The Bertz CT molecular complexity index is 715. The van der Waals surface area contributed by atoms with Crippen molar-refractivity contribution in [3.05, 3.63) is 33.8 Å². The average molecular weight is 396 g/mol. The lowest BCUT2D eigenvalue weighted by Crippen LogP contribution is -2.55. The van der Waals surface area contributed by atoms with Gasteiger partial charge >= 0.3 is 0 Å². The quantitative estimate of drug-likeness (QED) is 0.591. The minimum atomic E-state index is -0.854. The Balaban J connectivity index is 2.03. The zero-order valence-electron chi connectivity index (χ0n) is 14.6. The van der Waals surface area contributed by atoms with Gasteiger partial charge in [0.25, 0.3) is 0 Å². The smallest absolute Gasteiger partial charge is 0.230 e. The molecule has 1 saturated heterocycles. The molecule has 0 aromatic heterocycles. The van der Waals surface area contributed by atoms with E-state index >= 15 is 0 Å². The summed E-state index contributed by atoms with van der Waals surface area (Å²) in [7, 11) is 0. The summed E-state index contributed by atoms with van der Waals surface area (Å²) < 4.78 is 0. The van der Waals surface area contributed by atoms with E-state index in [1.807, 2.05) is 0 Å². The Hall–Kier alpha value is -1.39. The molecule has 1 aliphatic heterocycles. The Morgan fingerprint density at radius 1 is 1.12 bits per heavy atom. The summed E-state index contributed by atoms with van der Waals surface area (Å²) in [4.78, 5) is 36.6. The van der Waals surface area contributed by atoms with Crippen LogP contribution in [0.1, 0.15) is 56.9 Å². The summed E-state index contributed by atoms with van der Waals surface area (Å²) in [5.74, 6) is -0.602. The minimum absolute atomic E-state index is 0.104. The molecule has 6 heteroatoms. The normalized spacial score (nSPS) is 27.2. The molecule has 2 amide bonds. The summed E-state index contributed by atoms with van der Waals surface area (Å²) >= 11 is 12.2. The summed E-state index contributed by atoms with van der Waals surface area (Å²) in [6.45, 7) is 0. The van der Waals surface area contributed by atoms with Crippen LogP contribution < -0.4 is 5.32 Å². The molecule has 1 aliphatic carbocycles. The zero-order valence-corrected chi connectivity index (χ0v) is 16.1. The van der Waals surface area contributed by atoms with Crippen LogP contribution in [0.3, 0.4) is 0 Å². The number of hydrogen-bond donors (Lipinski definition) is 1. The highest BCUT2D eigenvalue weighted by atomic mass is 35.5. The fourth-order valence-electron chi connectivity index (χ4n) is 4.61. The highest BCUT2D eigenvalue weighted by molar-refractivity contribution is 6.42. The number of piperidine rings is 1. The molecule has 26 heavy (non-hydrogen) atoms. The first kappa shape index (κ1) is 19.4. The van der Waals surface area contributed by atoms with Gasteiger partial charge in [-0.25, -0.2) is 0 Å². The van der Waals surface area contributed by atoms with Crippen LogP contribution in [0.5, 0.6) is 0 Å². The standard InChI is InChI=1S/C20H23Cl2NO3/c21-16-7-6-14(11-17(16)22)20(8-9-24)12-18(25)23-19(26)15(20)10-13-4-2-1-3-5-13/h6-7,9,11,13,15H,1-5,8,10,12H2,(H,23,25,26). The van der Waals surface area contributed by atoms with Gasteiger partial charge in [-0.1, -0.05) is 61.4 Å². The van der Waals surface area contributed by atoms with Crippen LogP contribution in [-0.4, -0.2) is 18.1 Å². The van der Waals surface area contributed by atoms with E-state index in [-0.39, 0.29) is 24.7 Å². The van der Waals surface area contributed by atoms with Crippen molar-refractivity contribution in [3.8, 4) is 0 Å². The number of imide groups is 1. The molecule has 2 fully saturated rings. The average Bonchev–Trinajstić information content (AvgIpc) is 2.61. The summed E-state index contributed by atoms with van der Waals surface area (Å²) in [6.07, 6.45) is 7.48. The monoisotopic (exact) mass is 395 g/mol. The number of aldehydes is 1. The Morgan fingerprint density at radius 2 is 1.85 bits per heavy atom. The lowest BCUT2D eigenvalue weighted by atomic mass is 9.61. The van der Waals surface area contributed by atoms with Crippen LogP contribution in [0.4, 0.5) is 0 Å². The second-order valence-electron chi connectivity index (χ2n) is 7.54. The molecule has 1 N–H and O–H groups in total. The van der Waals surface area contributed by atoms with Crippen molar-refractivity contribution in [2.45, 2.75) is 56.8 Å². The fraction of sp³-hybridized carbons (Fsp3) is 0.550. The maximum Gasteiger partial charge on any atom is 0.230 e. The van der Waals surface area contributed by atoms with Crippen molar-refractivity contribution in [1.82, 2.24) is 5.32 Å². The molecule has 1 aromatic carbocycles. The third-order valence-electron chi connectivity index (χ3n) is 5.96. The molecular formula is C20H23Cl2NO3. The predicted molar refractivity (Wildman–Crippen MR) is 101 cm³/mol. The molecule has 2 atom stereocenters. The van der Waals surface area contributed by atoms with E-state index < -0.39 is 11.3 Å². The van der Waals surface area contributed by atoms with Gasteiger partial charge in [-0.3, -0.25) is 14.9 Å². The molecule has 1 aromatic rings. The van der Waals surface area contributed by atoms with Crippen molar-refractivity contribution in [1.29, 1.82) is 0 Å². The first-order valence-corrected chi connectivity index (χ1v) is 9.95. The lowest BCUT2D eigenvalue weighted by molar-refractivity contribution is -0.141. The number of hydrogen-bond acceptors (Lipinski definition) is 3. The van der Waals surface area contributed by atoms with Gasteiger partial charge in [0.2, 0.25) is 11.8 Å². The predicted octanol–water partition coefficient (Wildman–Crippen LogP) is 4.45. The van der Waals surface area contributed by atoms with Crippen molar-refractivity contribution in [3.63, 3.8) is 0 Å². The molecule has 140 valence electrons. The molecule has 1 heterocycles. The van der Waals surface area contributed by atoms with E-state index in [0.717, 1.165) is 24.7 Å². The number of rotatable bonds is 5. The molecule has 0 radical (unpaired) electrons. The van der Waals surface area contributed by atoms with Gasteiger partial charge in [0, 0.05) is 24.2 Å². The second-order valence-corrected chi connectivity index (χ2v) is 8.35. The van der Waals surface area contributed by atoms with Crippen LogP contribution >= 0.6 is 23.2 Å². The number of carbonyl (C=O) groups is 3. The van der Waals surface area contributed by atoms with Crippen LogP contribution in [0.2, 0.25) is 10.0 Å². The number of benzene rings is 1. The highest BCUT2D eigenvalue weighted by Crippen LogP contribution is 2.46. The van der Waals surface area contributed by atoms with E-state index in [9.17, 15) is 14.4 Å². The van der Waals surface area contributed by atoms with Gasteiger partial charge in [0.1, 0.15) is 6.29 Å². The molecular weight excluding hydrogens is 373 g/mol. The Kier molecular flexibility index (Phi) is 6.03.